The zero-order chi connectivity index (χ0) is 17.0. The maximum absolute atomic E-state index is 11.8. The standard InChI is InChI=1S/C19H24N2O2S/c1-2-3-4-5-13-24-18-10-8-17(9-11-18)21-19(22)23-15-16-7-6-12-20-14-16/h6-12,14H,2-5,13,15H2,1H3,(H,21,22). The molecular formula is C19H24N2O2S. The van der Waals surface area contributed by atoms with E-state index in [1.807, 2.05) is 48.2 Å². The van der Waals surface area contributed by atoms with Gasteiger partial charge in [-0.3, -0.25) is 10.3 Å². The van der Waals surface area contributed by atoms with Gasteiger partial charge in [0, 0.05) is 28.5 Å². The van der Waals surface area contributed by atoms with Crippen molar-refractivity contribution in [3.63, 3.8) is 0 Å². The van der Waals surface area contributed by atoms with Crippen LogP contribution in [-0.2, 0) is 11.3 Å². The Kier molecular flexibility index (Phi) is 8.18. The summed E-state index contributed by atoms with van der Waals surface area (Å²) in [6, 6.07) is 11.5. The predicted octanol–water partition coefficient (Wildman–Crippen LogP) is 5.50. The minimum absolute atomic E-state index is 0.214. The molecule has 0 saturated carbocycles. The van der Waals surface area contributed by atoms with Crippen LogP contribution in [0, 0.1) is 0 Å². The number of amides is 1. The molecular weight excluding hydrogens is 320 g/mol. The van der Waals surface area contributed by atoms with Crippen molar-refractivity contribution in [3.8, 4) is 0 Å². The Balaban J connectivity index is 1.69. The van der Waals surface area contributed by atoms with Gasteiger partial charge in [-0.25, -0.2) is 4.79 Å². The number of carbonyl (C=O) groups excluding carboxylic acids is 1. The summed E-state index contributed by atoms with van der Waals surface area (Å²) in [5.41, 5.74) is 1.60. The van der Waals surface area contributed by atoms with E-state index >= 15 is 0 Å². The molecule has 1 aromatic carbocycles. The normalized spacial score (nSPS) is 10.4. The van der Waals surface area contributed by atoms with Crippen LogP contribution < -0.4 is 5.32 Å². The molecule has 0 aliphatic carbocycles. The number of unbranched alkanes of at least 4 members (excludes halogenated alkanes) is 3. The number of pyridine rings is 1. The zero-order valence-electron chi connectivity index (χ0n) is 14.0. The molecule has 1 N–H and O–H groups in total. The van der Waals surface area contributed by atoms with Crippen molar-refractivity contribution in [1.82, 2.24) is 4.98 Å². The van der Waals surface area contributed by atoms with Gasteiger partial charge in [0.25, 0.3) is 0 Å². The monoisotopic (exact) mass is 344 g/mol. The van der Waals surface area contributed by atoms with E-state index in [-0.39, 0.29) is 6.61 Å². The van der Waals surface area contributed by atoms with Crippen LogP contribution in [0.25, 0.3) is 0 Å². The van der Waals surface area contributed by atoms with E-state index in [2.05, 4.69) is 17.2 Å². The summed E-state index contributed by atoms with van der Waals surface area (Å²) >= 11 is 1.86. The van der Waals surface area contributed by atoms with E-state index in [1.165, 1.54) is 30.6 Å². The molecule has 4 nitrogen and oxygen atoms in total. The molecule has 0 atom stereocenters. The second kappa shape index (κ2) is 10.7. The van der Waals surface area contributed by atoms with Crippen molar-refractivity contribution in [1.29, 1.82) is 0 Å². The molecule has 0 fully saturated rings. The molecule has 0 aliphatic heterocycles. The Morgan fingerprint density at radius 2 is 2.00 bits per heavy atom. The number of carbonyl (C=O) groups is 1. The molecule has 2 aromatic rings. The van der Waals surface area contributed by atoms with E-state index in [4.69, 9.17) is 4.74 Å². The number of rotatable bonds is 9. The third-order valence-corrected chi connectivity index (χ3v) is 4.56. The van der Waals surface area contributed by atoms with Crippen LogP contribution in [0.1, 0.15) is 38.2 Å². The molecule has 24 heavy (non-hydrogen) atoms. The fraction of sp³-hybridized carbons (Fsp3) is 0.368. The van der Waals surface area contributed by atoms with Gasteiger partial charge in [-0.15, -0.1) is 11.8 Å². The maximum atomic E-state index is 11.8. The number of thioether (sulfide) groups is 1. The predicted molar refractivity (Wildman–Crippen MR) is 99.4 cm³/mol. The Morgan fingerprint density at radius 3 is 2.71 bits per heavy atom. The molecule has 1 amide bonds. The first-order chi connectivity index (χ1) is 11.8. The first kappa shape index (κ1) is 18.3. The molecule has 5 heteroatoms. The van der Waals surface area contributed by atoms with Crippen molar-refractivity contribution >= 4 is 23.5 Å². The third kappa shape index (κ3) is 7.04. The maximum Gasteiger partial charge on any atom is 0.411 e. The van der Waals surface area contributed by atoms with Crippen molar-refractivity contribution in [2.75, 3.05) is 11.1 Å². The van der Waals surface area contributed by atoms with E-state index in [0.29, 0.717) is 0 Å². The molecule has 0 radical (unpaired) electrons. The van der Waals surface area contributed by atoms with Gasteiger partial charge in [0.1, 0.15) is 6.61 Å². The van der Waals surface area contributed by atoms with Crippen LogP contribution in [0.15, 0.2) is 53.7 Å². The highest BCUT2D eigenvalue weighted by Crippen LogP contribution is 2.22. The minimum Gasteiger partial charge on any atom is -0.444 e. The van der Waals surface area contributed by atoms with E-state index in [9.17, 15) is 4.79 Å². The third-order valence-electron chi connectivity index (χ3n) is 3.46. The van der Waals surface area contributed by atoms with Crippen LogP contribution in [-0.4, -0.2) is 16.8 Å². The molecule has 0 spiro atoms. The summed E-state index contributed by atoms with van der Waals surface area (Å²) < 4.78 is 5.17. The topological polar surface area (TPSA) is 51.2 Å². The van der Waals surface area contributed by atoms with Crippen molar-refractivity contribution in [2.24, 2.45) is 0 Å². The first-order valence-corrected chi connectivity index (χ1v) is 9.32. The summed E-state index contributed by atoms with van der Waals surface area (Å²) in [6.07, 6.45) is 8.03. The number of nitrogens with zero attached hydrogens (tertiary/aromatic N) is 1. The Labute approximate surface area is 148 Å². The Bertz CT molecular complexity index is 603. The average molecular weight is 344 g/mol. The van der Waals surface area contributed by atoms with Crippen molar-refractivity contribution in [3.05, 3.63) is 54.4 Å². The number of aromatic nitrogens is 1. The fourth-order valence-electron chi connectivity index (χ4n) is 2.14. The van der Waals surface area contributed by atoms with Gasteiger partial charge in [-0.05, 0) is 42.5 Å². The highest BCUT2D eigenvalue weighted by atomic mass is 32.2. The fourth-order valence-corrected chi connectivity index (χ4v) is 3.05. The molecule has 0 unspecified atom stereocenters. The highest BCUT2D eigenvalue weighted by Gasteiger charge is 2.04. The number of hydrogen-bond acceptors (Lipinski definition) is 4. The summed E-state index contributed by atoms with van der Waals surface area (Å²) in [5.74, 6) is 1.14. The smallest absolute Gasteiger partial charge is 0.411 e. The van der Waals surface area contributed by atoms with E-state index in [1.54, 1.807) is 12.4 Å². The molecule has 1 heterocycles. The lowest BCUT2D eigenvalue weighted by atomic mass is 10.2. The van der Waals surface area contributed by atoms with Crippen LogP contribution in [0.5, 0.6) is 0 Å². The summed E-state index contributed by atoms with van der Waals surface area (Å²) in [6.45, 7) is 2.44. The summed E-state index contributed by atoms with van der Waals surface area (Å²) in [5, 5.41) is 2.73. The van der Waals surface area contributed by atoms with E-state index < -0.39 is 6.09 Å². The summed E-state index contributed by atoms with van der Waals surface area (Å²) in [4.78, 5) is 17.0. The molecule has 0 aliphatic rings. The summed E-state index contributed by atoms with van der Waals surface area (Å²) in [7, 11) is 0. The number of anilines is 1. The van der Waals surface area contributed by atoms with Gasteiger partial charge in [0.05, 0.1) is 0 Å². The Hall–Kier alpha value is -2.01. The molecule has 0 saturated heterocycles. The average Bonchev–Trinajstić information content (AvgIpc) is 2.62. The number of benzene rings is 1. The first-order valence-electron chi connectivity index (χ1n) is 8.33. The van der Waals surface area contributed by atoms with Crippen LogP contribution in [0.2, 0.25) is 0 Å². The SMILES string of the molecule is CCCCCCSc1ccc(NC(=O)OCc2cccnc2)cc1. The number of ether oxygens (including phenoxy) is 1. The van der Waals surface area contributed by atoms with Crippen LogP contribution in [0.3, 0.4) is 0 Å². The quantitative estimate of drug-likeness (QED) is 0.482. The lowest BCUT2D eigenvalue weighted by Gasteiger charge is -2.08. The van der Waals surface area contributed by atoms with Gasteiger partial charge >= 0.3 is 6.09 Å². The van der Waals surface area contributed by atoms with Crippen molar-refractivity contribution in [2.45, 2.75) is 44.1 Å². The second-order valence-corrected chi connectivity index (χ2v) is 6.66. The largest absolute Gasteiger partial charge is 0.444 e. The Morgan fingerprint density at radius 1 is 1.17 bits per heavy atom. The van der Waals surface area contributed by atoms with Gasteiger partial charge in [-0.1, -0.05) is 32.3 Å². The molecule has 2 rings (SSSR count). The van der Waals surface area contributed by atoms with Gasteiger partial charge in [0.2, 0.25) is 0 Å². The number of nitrogens with one attached hydrogen (secondary N) is 1. The molecule has 1 aromatic heterocycles. The lowest BCUT2D eigenvalue weighted by molar-refractivity contribution is 0.155. The lowest BCUT2D eigenvalue weighted by Crippen LogP contribution is -2.13. The van der Waals surface area contributed by atoms with Gasteiger partial charge < -0.3 is 4.74 Å². The van der Waals surface area contributed by atoms with E-state index in [0.717, 1.165) is 17.0 Å². The van der Waals surface area contributed by atoms with Crippen LogP contribution >= 0.6 is 11.8 Å². The number of hydrogen-bond donors (Lipinski definition) is 1. The van der Waals surface area contributed by atoms with Crippen LogP contribution in [0.4, 0.5) is 10.5 Å². The van der Waals surface area contributed by atoms with Gasteiger partial charge in [0.15, 0.2) is 0 Å². The minimum atomic E-state index is -0.459. The van der Waals surface area contributed by atoms with Crippen molar-refractivity contribution < 1.29 is 9.53 Å². The zero-order valence-corrected chi connectivity index (χ0v) is 14.8. The van der Waals surface area contributed by atoms with Gasteiger partial charge in [-0.2, -0.15) is 0 Å². The molecule has 128 valence electrons. The highest BCUT2D eigenvalue weighted by molar-refractivity contribution is 7.99. The molecule has 0 bridgehead atoms. The second-order valence-electron chi connectivity index (χ2n) is 5.50.